The first-order chi connectivity index (χ1) is 13.9. The Morgan fingerprint density at radius 1 is 1.45 bits per heavy atom. The third-order valence-corrected chi connectivity index (χ3v) is 7.34. The van der Waals surface area contributed by atoms with Gasteiger partial charge in [-0.2, -0.15) is 0 Å². The fraction of sp³-hybridized carbons (Fsp3) is 0.522. The van der Waals surface area contributed by atoms with Crippen LogP contribution < -0.4 is 5.73 Å². The second-order valence-corrected chi connectivity index (χ2v) is 9.14. The summed E-state index contributed by atoms with van der Waals surface area (Å²) in [6.45, 7) is 4.77. The van der Waals surface area contributed by atoms with Gasteiger partial charge in [-0.1, -0.05) is 6.58 Å². The lowest BCUT2D eigenvalue weighted by Crippen LogP contribution is -2.38. The molecule has 2 aliphatic carbocycles. The van der Waals surface area contributed by atoms with Crippen LogP contribution in [0.2, 0.25) is 0 Å². The maximum absolute atomic E-state index is 15.5. The van der Waals surface area contributed by atoms with Crippen LogP contribution in [-0.2, 0) is 17.6 Å². The number of aryl methyl sites for hydroxylation is 1. The zero-order valence-electron chi connectivity index (χ0n) is 16.6. The van der Waals surface area contributed by atoms with Crippen LogP contribution in [0.5, 0.6) is 0 Å². The number of likely N-dealkylation sites (tertiary alicyclic amines) is 1. The number of aliphatic hydroxyl groups excluding tert-OH is 1. The lowest BCUT2D eigenvalue weighted by Gasteiger charge is -2.33. The lowest BCUT2D eigenvalue weighted by molar-refractivity contribution is -0.127. The Labute approximate surface area is 169 Å². The molecular formula is C23H28FN3O2. The SMILES string of the molecule is C=CC(=O)N1CCCC(c2c(F)cc(C(N)O)c3[nH]c4c(c23)CC2(CC4)CC2)C1. The maximum Gasteiger partial charge on any atom is 0.245 e. The number of hydrogen-bond donors (Lipinski definition) is 3. The van der Waals surface area contributed by atoms with Crippen LogP contribution in [0.25, 0.3) is 10.9 Å². The highest BCUT2D eigenvalue weighted by molar-refractivity contribution is 5.92. The van der Waals surface area contributed by atoms with Crippen molar-refractivity contribution < 1.29 is 14.3 Å². The van der Waals surface area contributed by atoms with E-state index < -0.39 is 6.23 Å². The highest BCUT2D eigenvalue weighted by Crippen LogP contribution is 2.56. The molecule has 5 rings (SSSR count). The smallest absolute Gasteiger partial charge is 0.245 e. The second-order valence-electron chi connectivity index (χ2n) is 9.14. The Hall–Kier alpha value is -2.18. The van der Waals surface area contributed by atoms with Gasteiger partial charge in [-0.15, -0.1) is 0 Å². The molecule has 5 nitrogen and oxygen atoms in total. The molecule has 1 aromatic heterocycles. The van der Waals surface area contributed by atoms with Gasteiger partial charge in [0.2, 0.25) is 5.91 Å². The predicted octanol–water partition coefficient (Wildman–Crippen LogP) is 3.42. The van der Waals surface area contributed by atoms with E-state index in [1.54, 1.807) is 4.90 Å². The van der Waals surface area contributed by atoms with E-state index in [1.165, 1.54) is 30.5 Å². The van der Waals surface area contributed by atoms with Crippen LogP contribution in [0.1, 0.15) is 66.6 Å². The molecule has 154 valence electrons. The topological polar surface area (TPSA) is 82.3 Å². The summed E-state index contributed by atoms with van der Waals surface area (Å²) < 4.78 is 15.5. The Kier molecular flexibility index (Phi) is 4.33. The first-order valence-electron chi connectivity index (χ1n) is 10.6. The van der Waals surface area contributed by atoms with Crippen LogP contribution in [0.15, 0.2) is 18.7 Å². The average molecular weight is 397 g/mol. The molecule has 3 aliphatic rings. The van der Waals surface area contributed by atoms with Crippen molar-refractivity contribution in [2.24, 2.45) is 11.1 Å². The van der Waals surface area contributed by atoms with Crippen LogP contribution >= 0.6 is 0 Å². The number of nitrogens with one attached hydrogen (secondary N) is 1. The number of H-pyrrole nitrogens is 1. The van der Waals surface area contributed by atoms with Crippen LogP contribution in [0.3, 0.4) is 0 Å². The highest BCUT2D eigenvalue weighted by atomic mass is 19.1. The van der Waals surface area contributed by atoms with Gasteiger partial charge in [0, 0.05) is 41.2 Å². The molecule has 1 aromatic carbocycles. The van der Waals surface area contributed by atoms with Gasteiger partial charge in [0.25, 0.3) is 0 Å². The molecule has 29 heavy (non-hydrogen) atoms. The molecule has 1 amide bonds. The number of aliphatic hydroxyl groups is 1. The number of carbonyl (C=O) groups excluding carboxylic acids is 1. The van der Waals surface area contributed by atoms with E-state index in [4.69, 9.17) is 5.73 Å². The number of hydrogen-bond acceptors (Lipinski definition) is 3. The molecule has 2 aromatic rings. The molecule has 2 fully saturated rings. The van der Waals surface area contributed by atoms with Crippen LogP contribution in [0, 0.1) is 11.2 Å². The minimum atomic E-state index is -1.23. The van der Waals surface area contributed by atoms with E-state index in [0.717, 1.165) is 48.7 Å². The average Bonchev–Trinajstić information content (AvgIpc) is 3.37. The number of rotatable bonds is 3. The molecule has 1 saturated heterocycles. The van der Waals surface area contributed by atoms with E-state index in [9.17, 15) is 9.90 Å². The van der Waals surface area contributed by atoms with E-state index in [2.05, 4.69) is 11.6 Å². The van der Waals surface area contributed by atoms with Gasteiger partial charge in [-0.3, -0.25) is 4.79 Å². The fourth-order valence-corrected chi connectivity index (χ4v) is 5.55. The van der Waals surface area contributed by atoms with Crippen LogP contribution in [-0.4, -0.2) is 34.0 Å². The van der Waals surface area contributed by atoms with Gasteiger partial charge in [-0.25, -0.2) is 4.39 Å². The van der Waals surface area contributed by atoms with Crippen molar-refractivity contribution in [3.63, 3.8) is 0 Å². The lowest BCUT2D eigenvalue weighted by atomic mass is 9.80. The third-order valence-electron chi connectivity index (χ3n) is 7.34. The molecule has 1 aliphatic heterocycles. The largest absolute Gasteiger partial charge is 0.374 e. The van der Waals surface area contributed by atoms with Gasteiger partial charge in [0.1, 0.15) is 12.0 Å². The van der Waals surface area contributed by atoms with Gasteiger partial charge >= 0.3 is 0 Å². The minimum absolute atomic E-state index is 0.0731. The Bertz CT molecular complexity index is 1010. The summed E-state index contributed by atoms with van der Waals surface area (Å²) in [6, 6.07) is 1.38. The van der Waals surface area contributed by atoms with Crippen molar-refractivity contribution in [2.75, 3.05) is 13.1 Å². The minimum Gasteiger partial charge on any atom is -0.374 e. The third kappa shape index (κ3) is 3.01. The molecule has 1 saturated carbocycles. The van der Waals surface area contributed by atoms with Gasteiger partial charge in [0.05, 0.1) is 5.52 Å². The van der Waals surface area contributed by atoms with E-state index in [1.807, 2.05) is 0 Å². The summed E-state index contributed by atoms with van der Waals surface area (Å²) in [5, 5.41) is 11.0. The number of aromatic amines is 1. The number of fused-ring (bicyclic) bond motifs is 3. The number of halogens is 1. The second kappa shape index (κ2) is 6.67. The van der Waals surface area contributed by atoms with Crippen molar-refractivity contribution in [1.82, 2.24) is 9.88 Å². The number of nitrogens with two attached hydrogens (primary N) is 1. The van der Waals surface area contributed by atoms with Crippen molar-refractivity contribution in [2.45, 2.75) is 57.1 Å². The first-order valence-corrected chi connectivity index (χ1v) is 10.6. The Morgan fingerprint density at radius 2 is 2.24 bits per heavy atom. The maximum atomic E-state index is 15.5. The van der Waals surface area contributed by atoms with E-state index in [-0.39, 0.29) is 17.6 Å². The van der Waals surface area contributed by atoms with Crippen molar-refractivity contribution in [3.05, 3.63) is 46.9 Å². The van der Waals surface area contributed by atoms with E-state index >= 15 is 4.39 Å². The summed E-state index contributed by atoms with van der Waals surface area (Å²) in [5.41, 5.74) is 10.4. The quantitative estimate of drug-likeness (QED) is 0.548. The molecule has 6 heteroatoms. The normalized spacial score (nSPS) is 23.8. The van der Waals surface area contributed by atoms with Crippen molar-refractivity contribution in [3.8, 4) is 0 Å². The summed E-state index contributed by atoms with van der Waals surface area (Å²) in [5.74, 6) is -0.503. The summed E-state index contributed by atoms with van der Waals surface area (Å²) in [6.07, 6.45) is 7.32. The number of piperidine rings is 1. The fourth-order valence-electron chi connectivity index (χ4n) is 5.55. The zero-order valence-corrected chi connectivity index (χ0v) is 16.6. The Balaban J connectivity index is 1.68. The van der Waals surface area contributed by atoms with Gasteiger partial charge in [0.15, 0.2) is 0 Å². The van der Waals surface area contributed by atoms with Gasteiger partial charge < -0.3 is 20.7 Å². The number of benzene rings is 1. The first kappa shape index (κ1) is 18.8. The molecule has 2 heterocycles. The van der Waals surface area contributed by atoms with Crippen molar-refractivity contribution in [1.29, 1.82) is 0 Å². The number of amides is 1. The molecule has 2 unspecified atom stereocenters. The number of aromatic nitrogens is 1. The molecule has 2 atom stereocenters. The molecule has 1 spiro atoms. The molecular weight excluding hydrogens is 369 g/mol. The van der Waals surface area contributed by atoms with Gasteiger partial charge in [-0.05, 0) is 68.1 Å². The summed E-state index contributed by atoms with van der Waals surface area (Å²) in [4.78, 5) is 17.4. The summed E-state index contributed by atoms with van der Waals surface area (Å²) >= 11 is 0. The van der Waals surface area contributed by atoms with E-state index in [0.29, 0.717) is 29.6 Å². The molecule has 4 N–H and O–H groups in total. The molecule has 0 radical (unpaired) electrons. The predicted molar refractivity (Wildman–Crippen MR) is 110 cm³/mol. The number of nitrogens with zero attached hydrogens (tertiary/aromatic N) is 1. The summed E-state index contributed by atoms with van der Waals surface area (Å²) in [7, 11) is 0. The zero-order chi connectivity index (χ0) is 20.3. The standard InChI is InChI=1S/C23H28FN3O2/c1-2-18(28)27-9-3-4-13(12-27)19-16(24)10-14(22(25)29)21-20(19)15-11-23(7-8-23)6-5-17(15)26-21/h2,10,13,22,26,29H,1,3-9,11-12,25H2. The van der Waals surface area contributed by atoms with Crippen molar-refractivity contribution >= 4 is 16.8 Å². The highest BCUT2D eigenvalue weighted by Gasteiger charge is 2.46. The monoisotopic (exact) mass is 397 g/mol. The molecule has 0 bridgehead atoms. The van der Waals surface area contributed by atoms with Crippen LogP contribution in [0.4, 0.5) is 4.39 Å². The Morgan fingerprint density at radius 3 is 2.93 bits per heavy atom. The number of carbonyl (C=O) groups is 1.